The maximum atomic E-state index is 5.04. The summed E-state index contributed by atoms with van der Waals surface area (Å²) in [6, 6.07) is 0. The van der Waals surface area contributed by atoms with Crippen molar-refractivity contribution in [3.05, 3.63) is 0 Å². The van der Waals surface area contributed by atoms with E-state index in [1.807, 2.05) is 6.92 Å². The average Bonchev–Trinajstić information content (AvgIpc) is 1.97. The highest BCUT2D eigenvalue weighted by molar-refractivity contribution is 7.80. The summed E-state index contributed by atoms with van der Waals surface area (Å²) in [5.41, 5.74) is 5.93. The number of hydrogen-bond acceptors (Lipinski definition) is 3. The summed E-state index contributed by atoms with van der Waals surface area (Å²) in [6.07, 6.45) is 0. The Morgan fingerprint density at radius 1 is 1.42 bits per heavy atom. The van der Waals surface area contributed by atoms with Crippen molar-refractivity contribution in [2.45, 2.75) is 27.7 Å². The molecule has 0 atom stereocenters. The van der Waals surface area contributed by atoms with E-state index < -0.39 is 0 Å². The zero-order valence-corrected chi connectivity index (χ0v) is 8.75. The third kappa shape index (κ3) is 4.25. The molecule has 0 aliphatic rings. The van der Waals surface area contributed by atoms with E-state index in [4.69, 9.17) is 18.1 Å². The predicted molar refractivity (Wildman–Crippen MR) is 55.6 cm³/mol. The van der Waals surface area contributed by atoms with Crippen LogP contribution in [-0.4, -0.2) is 10.8 Å². The van der Waals surface area contributed by atoms with E-state index >= 15 is 0 Å². The van der Waals surface area contributed by atoms with Crippen LogP contribution in [0.3, 0.4) is 0 Å². The van der Waals surface area contributed by atoms with Crippen molar-refractivity contribution in [2.75, 3.05) is 0 Å². The lowest BCUT2D eigenvalue weighted by atomic mass is 9.91. The van der Waals surface area contributed by atoms with Gasteiger partial charge in [0.2, 0.25) is 5.11 Å². The third-order valence-corrected chi connectivity index (χ3v) is 1.75. The Morgan fingerprint density at radius 3 is 2.25 bits per heavy atom. The van der Waals surface area contributed by atoms with Gasteiger partial charge in [-0.1, -0.05) is 20.8 Å². The Kier molecular flexibility index (Phi) is 4.12. The summed E-state index contributed by atoms with van der Waals surface area (Å²) >= 11 is 4.74. The van der Waals surface area contributed by atoms with Crippen LogP contribution in [0.1, 0.15) is 27.7 Å². The Labute approximate surface area is 78.6 Å². The Balaban J connectivity index is 4.11. The van der Waals surface area contributed by atoms with E-state index in [0.29, 0.717) is 5.11 Å². The van der Waals surface area contributed by atoms with Crippen molar-refractivity contribution in [3.63, 3.8) is 0 Å². The van der Waals surface area contributed by atoms with E-state index in [0.717, 1.165) is 5.71 Å². The van der Waals surface area contributed by atoms with Crippen LogP contribution in [0.4, 0.5) is 0 Å². The predicted octanol–water partition coefficient (Wildman–Crippen LogP) is 0.746. The molecule has 70 valence electrons. The number of nitrogens with zero attached hydrogens (tertiary/aromatic N) is 1. The maximum Gasteiger partial charge on any atom is 0.201 e. The number of nitrogens with two attached hydrogens (primary N) is 1. The van der Waals surface area contributed by atoms with Crippen LogP contribution >= 0.6 is 12.2 Å². The summed E-state index contributed by atoms with van der Waals surface area (Å²) in [4.78, 5) is 0. The van der Waals surface area contributed by atoms with Crippen molar-refractivity contribution in [2.24, 2.45) is 16.4 Å². The van der Waals surface area contributed by atoms with Crippen LogP contribution in [-0.2, 0) is 0 Å². The number of hydrazone groups is 1. The first-order valence-corrected chi connectivity index (χ1v) is 4.10. The normalized spacial score (nSPS) is 12.6. The summed E-state index contributed by atoms with van der Waals surface area (Å²) in [5, 5.41) is 4.37. The zero-order valence-electron chi connectivity index (χ0n) is 7.93. The van der Waals surface area contributed by atoms with E-state index in [9.17, 15) is 0 Å². The number of thiocarbonyl (C=S) groups is 1. The molecule has 0 fully saturated rings. The zero-order chi connectivity index (χ0) is 9.78. The van der Waals surface area contributed by atoms with Crippen LogP contribution in [0.2, 0.25) is 0 Å². The molecule has 0 aliphatic heterocycles. The highest BCUT2D eigenvalue weighted by Crippen LogP contribution is 2.14. The molecule has 0 rings (SSSR count). The molecule has 0 amide bonds. The molecule has 0 saturated heterocycles. The van der Waals surface area contributed by atoms with Gasteiger partial charge in [-0.2, -0.15) is 5.10 Å². The first-order valence-electron chi connectivity index (χ1n) is 3.69. The van der Waals surface area contributed by atoms with Crippen molar-refractivity contribution >= 4 is 23.0 Å². The SMILES string of the molecule is CC(=NNC(=S)NN)C(C)(C)C. The molecular formula is C7H16N4S. The molecule has 4 nitrogen and oxygen atoms in total. The second kappa shape index (κ2) is 4.37. The average molecular weight is 188 g/mol. The number of rotatable bonds is 1. The molecule has 0 spiro atoms. The molecule has 0 saturated carbocycles. The minimum atomic E-state index is 0.0528. The van der Waals surface area contributed by atoms with Gasteiger partial charge in [0, 0.05) is 11.1 Å². The molecule has 0 aliphatic carbocycles. The van der Waals surface area contributed by atoms with Crippen molar-refractivity contribution in [1.29, 1.82) is 0 Å². The maximum absolute atomic E-state index is 5.04. The van der Waals surface area contributed by atoms with Crippen LogP contribution in [0.5, 0.6) is 0 Å². The highest BCUT2D eigenvalue weighted by Gasteiger charge is 2.13. The molecule has 0 bridgehead atoms. The highest BCUT2D eigenvalue weighted by atomic mass is 32.1. The van der Waals surface area contributed by atoms with Crippen LogP contribution in [0, 0.1) is 5.41 Å². The van der Waals surface area contributed by atoms with Crippen molar-refractivity contribution in [3.8, 4) is 0 Å². The van der Waals surface area contributed by atoms with Gasteiger partial charge in [0.25, 0.3) is 0 Å². The lowest BCUT2D eigenvalue weighted by Gasteiger charge is -2.17. The first kappa shape index (κ1) is 11.3. The Morgan fingerprint density at radius 2 is 1.92 bits per heavy atom. The molecule has 5 heteroatoms. The fourth-order valence-corrected chi connectivity index (χ4v) is 0.380. The van der Waals surface area contributed by atoms with Gasteiger partial charge in [0.1, 0.15) is 0 Å². The minimum absolute atomic E-state index is 0.0528. The first-order chi connectivity index (χ1) is 5.38. The molecule has 12 heavy (non-hydrogen) atoms. The molecule has 0 heterocycles. The molecule has 0 aromatic rings. The van der Waals surface area contributed by atoms with Crippen molar-refractivity contribution in [1.82, 2.24) is 10.9 Å². The fraction of sp³-hybridized carbons (Fsp3) is 0.714. The monoisotopic (exact) mass is 188 g/mol. The number of hydrazine groups is 1. The summed E-state index contributed by atoms with van der Waals surface area (Å²) in [5.74, 6) is 5.04. The van der Waals surface area contributed by atoms with E-state index in [-0.39, 0.29) is 5.41 Å². The summed E-state index contributed by atoms with van der Waals surface area (Å²) < 4.78 is 0. The number of hydrogen-bond donors (Lipinski definition) is 3. The summed E-state index contributed by atoms with van der Waals surface area (Å²) in [6.45, 7) is 8.16. The van der Waals surface area contributed by atoms with E-state index in [1.54, 1.807) is 0 Å². The third-order valence-electron chi connectivity index (χ3n) is 1.54. The second-order valence-corrected chi connectivity index (χ2v) is 3.94. The largest absolute Gasteiger partial charge is 0.300 e. The molecule has 0 aromatic heterocycles. The number of nitrogens with one attached hydrogen (secondary N) is 2. The van der Waals surface area contributed by atoms with Gasteiger partial charge in [0.15, 0.2) is 0 Å². The lowest BCUT2D eigenvalue weighted by molar-refractivity contribution is 0.582. The van der Waals surface area contributed by atoms with Gasteiger partial charge in [0.05, 0.1) is 0 Å². The quantitative estimate of drug-likeness (QED) is 0.246. The van der Waals surface area contributed by atoms with E-state index in [2.05, 4.69) is 36.7 Å². The van der Waals surface area contributed by atoms with Gasteiger partial charge in [-0.3, -0.25) is 10.9 Å². The standard InChI is InChI=1S/C7H16N4S/c1-5(7(2,3)4)10-11-6(12)9-8/h8H2,1-4H3,(H2,9,11,12). The summed E-state index contributed by atoms with van der Waals surface area (Å²) in [7, 11) is 0. The van der Waals surface area contributed by atoms with Crippen LogP contribution in [0.25, 0.3) is 0 Å². The second-order valence-electron chi connectivity index (χ2n) is 3.53. The molecule has 0 radical (unpaired) electrons. The minimum Gasteiger partial charge on any atom is -0.300 e. The van der Waals surface area contributed by atoms with Gasteiger partial charge >= 0.3 is 0 Å². The van der Waals surface area contributed by atoms with Crippen LogP contribution < -0.4 is 16.7 Å². The van der Waals surface area contributed by atoms with Crippen molar-refractivity contribution < 1.29 is 0 Å². The van der Waals surface area contributed by atoms with Crippen LogP contribution in [0.15, 0.2) is 5.10 Å². The van der Waals surface area contributed by atoms with Gasteiger partial charge < -0.3 is 0 Å². The fourth-order valence-electron chi connectivity index (χ4n) is 0.335. The molecular weight excluding hydrogens is 172 g/mol. The molecule has 4 N–H and O–H groups in total. The topological polar surface area (TPSA) is 62.4 Å². The molecule has 0 aromatic carbocycles. The van der Waals surface area contributed by atoms with E-state index in [1.165, 1.54) is 0 Å². The Hall–Kier alpha value is -0.680. The smallest absolute Gasteiger partial charge is 0.201 e. The lowest BCUT2D eigenvalue weighted by Crippen LogP contribution is -2.38. The van der Waals surface area contributed by atoms with Gasteiger partial charge in [-0.05, 0) is 19.1 Å². The molecule has 0 unspecified atom stereocenters. The van der Waals surface area contributed by atoms with Gasteiger partial charge in [-0.15, -0.1) is 0 Å². The van der Waals surface area contributed by atoms with Gasteiger partial charge in [-0.25, -0.2) is 5.84 Å². The Bertz CT molecular complexity index is 192.